The molecule has 0 fully saturated rings. The molecule has 1 atom stereocenters. The lowest BCUT2D eigenvalue weighted by Crippen LogP contribution is -2.39. The van der Waals surface area contributed by atoms with E-state index < -0.39 is 0 Å². The van der Waals surface area contributed by atoms with Gasteiger partial charge in [0.25, 0.3) is 5.91 Å². The number of nitrogens with zero attached hydrogens (tertiary/aromatic N) is 4. The minimum Gasteiger partial charge on any atom is -0.459 e. The van der Waals surface area contributed by atoms with Gasteiger partial charge in [-0.05, 0) is 31.5 Å². The molecule has 1 aliphatic rings. The fourth-order valence-corrected chi connectivity index (χ4v) is 3.96. The number of thiazole rings is 1. The molecule has 7 nitrogen and oxygen atoms in total. The van der Waals surface area contributed by atoms with Gasteiger partial charge in [-0.2, -0.15) is 5.10 Å². The number of furan rings is 1. The second-order valence-corrected chi connectivity index (χ2v) is 7.53. The van der Waals surface area contributed by atoms with Gasteiger partial charge in [0, 0.05) is 37.8 Å². The average molecular weight is 371 g/mol. The van der Waals surface area contributed by atoms with Crippen LogP contribution in [-0.4, -0.2) is 38.7 Å². The summed E-state index contributed by atoms with van der Waals surface area (Å²) in [4.78, 5) is 19.0. The molecular weight excluding hydrogens is 350 g/mol. The van der Waals surface area contributed by atoms with Crippen molar-refractivity contribution in [2.75, 3.05) is 13.1 Å². The van der Waals surface area contributed by atoms with Crippen LogP contribution in [0.2, 0.25) is 0 Å². The predicted octanol–water partition coefficient (Wildman–Crippen LogP) is 2.62. The van der Waals surface area contributed by atoms with E-state index in [0.29, 0.717) is 12.3 Å². The number of aromatic nitrogens is 3. The van der Waals surface area contributed by atoms with Gasteiger partial charge in [-0.15, -0.1) is 11.3 Å². The molecule has 26 heavy (non-hydrogen) atoms. The first kappa shape index (κ1) is 17.0. The van der Waals surface area contributed by atoms with Crippen molar-refractivity contribution < 1.29 is 9.21 Å². The summed E-state index contributed by atoms with van der Waals surface area (Å²) in [6.07, 6.45) is 4.16. The van der Waals surface area contributed by atoms with E-state index >= 15 is 0 Å². The van der Waals surface area contributed by atoms with E-state index in [-0.39, 0.29) is 11.9 Å². The molecule has 0 saturated carbocycles. The molecule has 4 heterocycles. The third-order valence-corrected chi connectivity index (χ3v) is 5.34. The molecule has 3 aromatic heterocycles. The third-order valence-electron chi connectivity index (χ3n) is 4.51. The van der Waals surface area contributed by atoms with Gasteiger partial charge >= 0.3 is 0 Å². The third kappa shape index (κ3) is 3.71. The fourth-order valence-electron chi connectivity index (χ4n) is 3.36. The molecule has 0 spiro atoms. The van der Waals surface area contributed by atoms with Crippen LogP contribution in [0, 0.1) is 6.92 Å². The van der Waals surface area contributed by atoms with E-state index in [9.17, 15) is 4.79 Å². The quantitative estimate of drug-likeness (QED) is 0.721. The van der Waals surface area contributed by atoms with E-state index in [0.717, 1.165) is 36.8 Å². The molecular formula is C18H21N5O2S. The van der Waals surface area contributed by atoms with Crippen molar-refractivity contribution in [1.82, 2.24) is 25.0 Å². The molecule has 0 aliphatic carbocycles. The molecule has 0 unspecified atom stereocenters. The summed E-state index contributed by atoms with van der Waals surface area (Å²) in [5.41, 5.74) is 2.32. The summed E-state index contributed by atoms with van der Waals surface area (Å²) in [6.45, 7) is 5.20. The number of carbonyl (C=O) groups excluding carboxylic acids is 1. The summed E-state index contributed by atoms with van der Waals surface area (Å²) >= 11 is 1.69. The lowest BCUT2D eigenvalue weighted by molar-refractivity contribution is 0.0919. The van der Waals surface area contributed by atoms with Crippen LogP contribution in [0.1, 0.15) is 39.4 Å². The van der Waals surface area contributed by atoms with Crippen LogP contribution in [0.5, 0.6) is 0 Å². The topological polar surface area (TPSA) is 76.2 Å². The lowest BCUT2D eigenvalue weighted by atomic mass is 10.1. The molecule has 4 rings (SSSR count). The SMILES string of the molecule is Cc1nc(CN2Cc3ccnn3[C@H](CCNC(=O)c3ccco3)C2)cs1. The predicted molar refractivity (Wildman–Crippen MR) is 97.9 cm³/mol. The van der Waals surface area contributed by atoms with Gasteiger partial charge in [-0.25, -0.2) is 4.98 Å². The summed E-state index contributed by atoms with van der Waals surface area (Å²) in [5.74, 6) is 0.162. The monoisotopic (exact) mass is 371 g/mol. The van der Waals surface area contributed by atoms with Crippen LogP contribution in [0.15, 0.2) is 40.5 Å². The second kappa shape index (κ2) is 7.43. The summed E-state index contributed by atoms with van der Waals surface area (Å²) in [7, 11) is 0. The first-order valence-corrected chi connectivity index (χ1v) is 9.54. The molecule has 8 heteroatoms. The van der Waals surface area contributed by atoms with Gasteiger partial charge in [-0.1, -0.05) is 0 Å². The van der Waals surface area contributed by atoms with Crippen LogP contribution in [0.3, 0.4) is 0 Å². The molecule has 136 valence electrons. The molecule has 3 aromatic rings. The molecule has 0 radical (unpaired) electrons. The zero-order valence-electron chi connectivity index (χ0n) is 14.6. The Balaban J connectivity index is 1.37. The molecule has 1 amide bonds. The van der Waals surface area contributed by atoms with Crippen LogP contribution in [0.25, 0.3) is 0 Å². The van der Waals surface area contributed by atoms with Gasteiger partial charge in [0.2, 0.25) is 0 Å². The van der Waals surface area contributed by atoms with Crippen molar-refractivity contribution in [3.63, 3.8) is 0 Å². The van der Waals surface area contributed by atoms with Crippen molar-refractivity contribution in [3.05, 3.63) is 58.2 Å². The number of amides is 1. The van der Waals surface area contributed by atoms with E-state index in [1.807, 2.05) is 13.1 Å². The van der Waals surface area contributed by atoms with Gasteiger partial charge < -0.3 is 9.73 Å². The largest absolute Gasteiger partial charge is 0.459 e. The number of hydrogen-bond donors (Lipinski definition) is 1. The first-order chi connectivity index (χ1) is 12.7. The average Bonchev–Trinajstić information content (AvgIpc) is 3.36. The highest BCUT2D eigenvalue weighted by molar-refractivity contribution is 7.09. The highest BCUT2D eigenvalue weighted by Gasteiger charge is 2.26. The number of carbonyl (C=O) groups is 1. The smallest absolute Gasteiger partial charge is 0.286 e. The molecule has 0 aromatic carbocycles. The van der Waals surface area contributed by atoms with E-state index in [1.165, 1.54) is 12.0 Å². The summed E-state index contributed by atoms with van der Waals surface area (Å²) in [5, 5.41) is 10.6. The van der Waals surface area contributed by atoms with Gasteiger partial charge in [0.15, 0.2) is 5.76 Å². The van der Waals surface area contributed by atoms with E-state index in [2.05, 4.69) is 36.4 Å². The van der Waals surface area contributed by atoms with Crippen LogP contribution >= 0.6 is 11.3 Å². The number of nitrogens with one attached hydrogen (secondary N) is 1. The Bertz CT molecular complexity index is 870. The zero-order chi connectivity index (χ0) is 17.9. The first-order valence-electron chi connectivity index (χ1n) is 8.66. The summed E-state index contributed by atoms with van der Waals surface area (Å²) < 4.78 is 7.21. The van der Waals surface area contributed by atoms with Crippen molar-refractivity contribution >= 4 is 17.2 Å². The van der Waals surface area contributed by atoms with Crippen molar-refractivity contribution in [2.45, 2.75) is 32.5 Å². The van der Waals surface area contributed by atoms with E-state index in [4.69, 9.17) is 4.42 Å². The molecule has 1 aliphatic heterocycles. The number of rotatable bonds is 6. The normalized spacial score (nSPS) is 17.2. The van der Waals surface area contributed by atoms with Crippen LogP contribution in [-0.2, 0) is 13.1 Å². The standard InChI is InChI=1S/C18H21N5O2S/c1-13-21-14(12-26-13)9-22-10-15(23-16(11-22)5-7-20-23)4-6-19-18(24)17-3-2-8-25-17/h2-3,5,7-8,12,15H,4,6,9-11H2,1H3,(H,19,24)/t15-/m1/s1. The minimum atomic E-state index is -0.179. The minimum absolute atomic E-state index is 0.179. The van der Waals surface area contributed by atoms with Crippen molar-refractivity contribution in [3.8, 4) is 0 Å². The fraction of sp³-hybridized carbons (Fsp3) is 0.389. The Morgan fingerprint density at radius 2 is 2.38 bits per heavy atom. The Labute approximate surface area is 155 Å². The summed E-state index contributed by atoms with van der Waals surface area (Å²) in [6, 6.07) is 5.67. The van der Waals surface area contributed by atoms with Gasteiger partial charge in [0.05, 0.1) is 28.7 Å². The van der Waals surface area contributed by atoms with Gasteiger partial charge in [-0.3, -0.25) is 14.4 Å². The maximum absolute atomic E-state index is 12.0. The number of hydrogen-bond acceptors (Lipinski definition) is 6. The maximum Gasteiger partial charge on any atom is 0.286 e. The Kier molecular flexibility index (Phi) is 4.85. The zero-order valence-corrected chi connectivity index (χ0v) is 15.4. The number of fused-ring (bicyclic) bond motifs is 1. The van der Waals surface area contributed by atoms with Crippen LogP contribution in [0.4, 0.5) is 0 Å². The molecule has 0 bridgehead atoms. The molecule has 1 N–H and O–H groups in total. The maximum atomic E-state index is 12.0. The van der Waals surface area contributed by atoms with Crippen molar-refractivity contribution in [2.24, 2.45) is 0 Å². The Morgan fingerprint density at radius 1 is 1.46 bits per heavy atom. The van der Waals surface area contributed by atoms with Crippen molar-refractivity contribution in [1.29, 1.82) is 0 Å². The number of aryl methyl sites for hydroxylation is 1. The van der Waals surface area contributed by atoms with E-state index in [1.54, 1.807) is 23.5 Å². The Morgan fingerprint density at radius 3 is 3.15 bits per heavy atom. The second-order valence-electron chi connectivity index (χ2n) is 6.47. The lowest BCUT2D eigenvalue weighted by Gasteiger charge is -2.33. The van der Waals surface area contributed by atoms with Gasteiger partial charge in [0.1, 0.15) is 0 Å². The molecule has 0 saturated heterocycles. The highest BCUT2D eigenvalue weighted by Crippen LogP contribution is 2.24. The Hall–Kier alpha value is -2.45. The highest BCUT2D eigenvalue weighted by atomic mass is 32.1. The van der Waals surface area contributed by atoms with Crippen LogP contribution < -0.4 is 5.32 Å².